The first-order valence-electron chi connectivity index (χ1n) is 8.18. The molecule has 2 amide bonds. The number of carbonyl (C=O) groups is 2. The van der Waals surface area contributed by atoms with E-state index in [0.29, 0.717) is 39.6 Å². The van der Waals surface area contributed by atoms with Crippen LogP contribution in [-0.4, -0.2) is 25.5 Å². The van der Waals surface area contributed by atoms with Crippen LogP contribution in [0.2, 0.25) is 0 Å². The number of hydrazine groups is 1. The molecule has 6 nitrogen and oxygen atoms in total. The number of hydrogen-bond donors (Lipinski definition) is 2. The fourth-order valence-electron chi connectivity index (χ4n) is 2.12. The number of benzene rings is 2. The summed E-state index contributed by atoms with van der Waals surface area (Å²) in [5, 5.41) is 0. The van der Waals surface area contributed by atoms with Gasteiger partial charge in [-0.3, -0.25) is 20.4 Å². The second kappa shape index (κ2) is 9.75. The van der Waals surface area contributed by atoms with E-state index < -0.39 is 11.8 Å². The van der Waals surface area contributed by atoms with Gasteiger partial charge in [0.25, 0.3) is 11.8 Å². The maximum Gasteiger partial charge on any atom is 0.273 e. The number of methoxy groups -OCH3 is 1. The highest BCUT2D eigenvalue weighted by atomic mass is 79.9. The molecule has 27 heavy (non-hydrogen) atoms. The van der Waals surface area contributed by atoms with Gasteiger partial charge >= 0.3 is 0 Å². The first kappa shape index (κ1) is 21.2. The van der Waals surface area contributed by atoms with Crippen LogP contribution < -0.4 is 20.3 Å². The monoisotopic (exact) mass is 498 g/mol. The Morgan fingerprint density at radius 1 is 1.00 bits per heavy atom. The molecule has 2 aromatic carbocycles. The number of hydrogen-bond acceptors (Lipinski definition) is 4. The standard InChI is InChI=1S/C19H20Br2N2O4/c1-11(2)10-27-16-7-5-13(20)9-14(16)19(25)23-22-18(24)12-4-6-17(26-3)15(21)8-12/h4-9,11H,10H2,1-3H3,(H,22,24)(H,23,25). The quantitative estimate of drug-likeness (QED) is 0.580. The normalized spacial score (nSPS) is 10.4. The minimum absolute atomic E-state index is 0.317. The van der Waals surface area contributed by atoms with Crippen LogP contribution in [-0.2, 0) is 0 Å². The lowest BCUT2D eigenvalue weighted by molar-refractivity contribution is 0.0844. The molecule has 0 aliphatic rings. The second-order valence-corrected chi connectivity index (χ2v) is 7.87. The summed E-state index contributed by atoms with van der Waals surface area (Å²) >= 11 is 6.67. The fraction of sp³-hybridized carbons (Fsp3) is 0.263. The minimum Gasteiger partial charge on any atom is -0.496 e. The van der Waals surface area contributed by atoms with Crippen molar-refractivity contribution in [1.29, 1.82) is 0 Å². The van der Waals surface area contributed by atoms with Crippen molar-refractivity contribution in [2.24, 2.45) is 5.92 Å². The molecule has 0 aromatic heterocycles. The van der Waals surface area contributed by atoms with Crippen LogP contribution >= 0.6 is 31.9 Å². The van der Waals surface area contributed by atoms with Gasteiger partial charge in [0.15, 0.2) is 0 Å². The minimum atomic E-state index is -0.476. The van der Waals surface area contributed by atoms with Crippen LogP contribution in [0.4, 0.5) is 0 Å². The molecule has 8 heteroatoms. The van der Waals surface area contributed by atoms with Gasteiger partial charge in [-0.25, -0.2) is 0 Å². The van der Waals surface area contributed by atoms with Gasteiger partial charge in [0.05, 0.1) is 23.8 Å². The predicted octanol–water partition coefficient (Wildman–Crippen LogP) is 4.33. The van der Waals surface area contributed by atoms with E-state index >= 15 is 0 Å². The van der Waals surface area contributed by atoms with Crippen molar-refractivity contribution in [2.75, 3.05) is 13.7 Å². The lowest BCUT2D eigenvalue weighted by Gasteiger charge is -2.14. The highest BCUT2D eigenvalue weighted by Gasteiger charge is 2.16. The molecule has 0 aliphatic heterocycles. The molecule has 0 aliphatic carbocycles. The van der Waals surface area contributed by atoms with Crippen LogP contribution in [0, 0.1) is 5.92 Å². The molecule has 2 rings (SSSR count). The molecule has 0 radical (unpaired) electrons. The van der Waals surface area contributed by atoms with Gasteiger partial charge in [0.2, 0.25) is 0 Å². The maximum atomic E-state index is 12.5. The Morgan fingerprint density at radius 2 is 1.67 bits per heavy atom. The van der Waals surface area contributed by atoms with Gasteiger partial charge in [0, 0.05) is 10.0 Å². The zero-order valence-electron chi connectivity index (χ0n) is 15.1. The molecule has 2 N–H and O–H groups in total. The molecule has 144 valence electrons. The average Bonchev–Trinajstić information content (AvgIpc) is 2.64. The summed E-state index contributed by atoms with van der Waals surface area (Å²) in [7, 11) is 1.54. The topological polar surface area (TPSA) is 76.7 Å². The van der Waals surface area contributed by atoms with Crippen molar-refractivity contribution in [2.45, 2.75) is 13.8 Å². The first-order valence-corrected chi connectivity index (χ1v) is 9.77. The van der Waals surface area contributed by atoms with Gasteiger partial charge in [-0.05, 0) is 58.2 Å². The first-order chi connectivity index (χ1) is 12.8. The molecule has 0 fully saturated rings. The van der Waals surface area contributed by atoms with E-state index in [1.54, 1.807) is 36.4 Å². The summed E-state index contributed by atoms with van der Waals surface area (Å²) < 4.78 is 12.2. The zero-order chi connectivity index (χ0) is 20.0. The molecular weight excluding hydrogens is 480 g/mol. The fourth-order valence-corrected chi connectivity index (χ4v) is 3.02. The zero-order valence-corrected chi connectivity index (χ0v) is 18.3. The van der Waals surface area contributed by atoms with Gasteiger partial charge in [-0.2, -0.15) is 0 Å². The predicted molar refractivity (Wildman–Crippen MR) is 110 cm³/mol. The van der Waals surface area contributed by atoms with E-state index in [9.17, 15) is 9.59 Å². The number of nitrogens with one attached hydrogen (secondary N) is 2. The van der Waals surface area contributed by atoms with Crippen molar-refractivity contribution >= 4 is 43.7 Å². The Balaban J connectivity index is 2.07. The maximum absolute atomic E-state index is 12.5. The molecule has 2 aromatic rings. The summed E-state index contributed by atoms with van der Waals surface area (Å²) in [4.78, 5) is 24.8. The number of amides is 2. The Labute approximate surface area is 174 Å². The van der Waals surface area contributed by atoms with Gasteiger partial charge < -0.3 is 9.47 Å². The van der Waals surface area contributed by atoms with Crippen LogP contribution in [0.1, 0.15) is 34.6 Å². The summed E-state index contributed by atoms with van der Waals surface area (Å²) in [6.07, 6.45) is 0. The Bertz CT molecular complexity index is 840. The van der Waals surface area contributed by atoms with Gasteiger partial charge in [-0.1, -0.05) is 29.8 Å². The molecule has 0 unspecified atom stereocenters. The van der Waals surface area contributed by atoms with E-state index in [-0.39, 0.29) is 0 Å². The molecule has 0 bridgehead atoms. The highest BCUT2D eigenvalue weighted by Crippen LogP contribution is 2.26. The van der Waals surface area contributed by atoms with Crippen molar-refractivity contribution in [3.05, 3.63) is 56.5 Å². The van der Waals surface area contributed by atoms with Crippen LogP contribution in [0.3, 0.4) is 0 Å². The summed E-state index contributed by atoms with van der Waals surface area (Å²) in [5.74, 6) is 0.447. The number of rotatable bonds is 6. The van der Waals surface area contributed by atoms with Crippen molar-refractivity contribution in [3.8, 4) is 11.5 Å². The van der Waals surface area contributed by atoms with E-state index in [1.807, 2.05) is 13.8 Å². The molecular formula is C19H20Br2N2O4. The highest BCUT2D eigenvalue weighted by molar-refractivity contribution is 9.10. The molecule has 0 spiro atoms. The number of halogens is 2. The lowest BCUT2D eigenvalue weighted by atomic mass is 10.2. The van der Waals surface area contributed by atoms with Crippen molar-refractivity contribution in [3.63, 3.8) is 0 Å². The lowest BCUT2D eigenvalue weighted by Crippen LogP contribution is -2.41. The molecule has 0 saturated carbocycles. The van der Waals surface area contributed by atoms with E-state index in [1.165, 1.54) is 7.11 Å². The van der Waals surface area contributed by atoms with E-state index in [0.717, 1.165) is 4.47 Å². The van der Waals surface area contributed by atoms with Crippen molar-refractivity contribution in [1.82, 2.24) is 10.9 Å². The Morgan fingerprint density at radius 3 is 2.30 bits per heavy atom. The largest absolute Gasteiger partial charge is 0.496 e. The molecule has 0 heterocycles. The number of carbonyl (C=O) groups excluding carboxylic acids is 2. The SMILES string of the molecule is COc1ccc(C(=O)NNC(=O)c2cc(Br)ccc2OCC(C)C)cc1Br. The van der Waals surface area contributed by atoms with Crippen molar-refractivity contribution < 1.29 is 19.1 Å². The average molecular weight is 500 g/mol. The summed E-state index contributed by atoms with van der Waals surface area (Å²) in [6, 6.07) is 10.0. The Kier molecular flexibility index (Phi) is 7.67. The molecule has 0 atom stereocenters. The third-order valence-electron chi connectivity index (χ3n) is 3.46. The smallest absolute Gasteiger partial charge is 0.273 e. The van der Waals surface area contributed by atoms with E-state index in [4.69, 9.17) is 9.47 Å². The van der Waals surface area contributed by atoms with Crippen LogP contribution in [0.25, 0.3) is 0 Å². The van der Waals surface area contributed by atoms with Gasteiger partial charge in [-0.15, -0.1) is 0 Å². The second-order valence-electron chi connectivity index (χ2n) is 6.10. The summed E-state index contributed by atoms with van der Waals surface area (Å²) in [5.41, 5.74) is 5.51. The van der Waals surface area contributed by atoms with Crippen LogP contribution in [0.15, 0.2) is 45.3 Å². The Hall–Kier alpha value is -2.06. The van der Waals surface area contributed by atoms with Gasteiger partial charge in [0.1, 0.15) is 11.5 Å². The third kappa shape index (κ3) is 5.97. The van der Waals surface area contributed by atoms with Crippen LogP contribution in [0.5, 0.6) is 11.5 Å². The molecule has 0 saturated heterocycles. The number of ether oxygens (including phenoxy) is 2. The van der Waals surface area contributed by atoms with E-state index in [2.05, 4.69) is 42.7 Å². The third-order valence-corrected chi connectivity index (χ3v) is 4.57. The summed E-state index contributed by atoms with van der Waals surface area (Å²) in [6.45, 7) is 4.52.